The summed E-state index contributed by atoms with van der Waals surface area (Å²) >= 11 is 3.27. The van der Waals surface area contributed by atoms with Crippen LogP contribution in [0.2, 0.25) is 0 Å². The van der Waals surface area contributed by atoms with Crippen molar-refractivity contribution in [2.45, 2.75) is 99.0 Å². The summed E-state index contributed by atoms with van der Waals surface area (Å²) in [5.41, 5.74) is -1.33. The van der Waals surface area contributed by atoms with E-state index in [-0.39, 0.29) is 36.6 Å². The molecule has 48 heavy (non-hydrogen) atoms. The van der Waals surface area contributed by atoms with Gasteiger partial charge in [0.15, 0.2) is 5.78 Å². The molecule has 5 rings (SSSR count). The summed E-state index contributed by atoms with van der Waals surface area (Å²) in [7, 11) is -5.18. The average molecular weight is 772 g/mol. The van der Waals surface area contributed by atoms with Crippen LogP contribution in [0.1, 0.15) is 71.1 Å². The van der Waals surface area contributed by atoms with Crippen LogP contribution < -0.4 is 10.0 Å². The molecule has 0 spiro atoms. The number of nitrogens with one attached hydrogen (secondary N) is 2. The number of halogens is 1. The predicted octanol–water partition coefficient (Wildman–Crippen LogP) is 3.25. The van der Waals surface area contributed by atoms with E-state index in [4.69, 9.17) is 4.18 Å². The number of urea groups is 1. The van der Waals surface area contributed by atoms with Crippen molar-refractivity contribution in [1.29, 1.82) is 0 Å². The van der Waals surface area contributed by atoms with E-state index in [1.54, 1.807) is 19.1 Å². The van der Waals surface area contributed by atoms with Gasteiger partial charge in [0.05, 0.1) is 27.2 Å². The molecule has 2 aliphatic heterocycles. The normalized spacial score (nSPS) is 29.8. The quantitative estimate of drug-likeness (QED) is 0.312. The van der Waals surface area contributed by atoms with Crippen molar-refractivity contribution in [3.05, 3.63) is 40.9 Å². The van der Waals surface area contributed by atoms with Crippen LogP contribution in [0, 0.1) is 11.3 Å². The molecule has 0 unspecified atom stereocenters. The summed E-state index contributed by atoms with van der Waals surface area (Å²) in [6, 6.07) is 3.19. The SMILES string of the molecule is CN(C)C(=O)N[C@H]1CCCCC/C=C\[C@@H]2C[C@@]2(C(=O)NS(=O)(=O)C2(C)CC2)CC(=O)[C@@H]2C[C@H](OS(=O)(=O)c3ccc(Br)cc3)CN2C1=O. The van der Waals surface area contributed by atoms with Gasteiger partial charge in [0, 0.05) is 38.0 Å². The summed E-state index contributed by atoms with van der Waals surface area (Å²) in [5, 5.41) is 2.75. The molecule has 1 aromatic carbocycles. The Labute approximate surface area is 290 Å². The number of allylic oxidation sites excluding steroid dienone is 2. The lowest BCUT2D eigenvalue weighted by molar-refractivity contribution is -0.140. The van der Waals surface area contributed by atoms with Crippen molar-refractivity contribution >= 4 is 59.7 Å². The standard InChI is InChI=1S/C32H43BrN4O9S2/c1-31(15-16-31)48(44,45)35-29(40)32-18-21(32)9-7-5-4-6-8-10-25(34-30(41)36(2)3)28(39)37-20-23(17-26(37)27(38)19-32)46-47(42,43)24-13-11-22(33)12-14-24/h7,9,11-14,21,23,25-26H,4-6,8,10,15-20H2,1-3H3,(H,34,41)(H,35,40)/b9-7-/t21-,23+,25+,26+,32-/m1/s1. The van der Waals surface area contributed by atoms with Crippen LogP contribution in [-0.4, -0.2) is 93.8 Å². The van der Waals surface area contributed by atoms with Gasteiger partial charge in [-0.1, -0.05) is 40.9 Å². The molecule has 2 aliphatic carbocycles. The maximum atomic E-state index is 14.2. The minimum absolute atomic E-state index is 0.0993. The number of ketones is 1. The number of benzene rings is 1. The molecule has 0 radical (unpaired) electrons. The van der Waals surface area contributed by atoms with Gasteiger partial charge in [-0.25, -0.2) is 13.2 Å². The first-order valence-corrected chi connectivity index (χ1v) is 19.9. The van der Waals surface area contributed by atoms with Crippen molar-refractivity contribution in [3.8, 4) is 0 Å². The Morgan fingerprint density at radius 1 is 1.04 bits per heavy atom. The highest BCUT2D eigenvalue weighted by atomic mass is 79.9. The third kappa shape index (κ3) is 7.81. The molecule has 3 fully saturated rings. The number of fused-ring (bicyclic) bond motifs is 2. The number of hydrogen-bond acceptors (Lipinski definition) is 9. The van der Waals surface area contributed by atoms with Crippen molar-refractivity contribution in [2.24, 2.45) is 11.3 Å². The van der Waals surface area contributed by atoms with Crippen LogP contribution in [0.25, 0.3) is 0 Å². The number of Topliss-reactive ketones (excluding diaryl/α,β-unsaturated/α-hetero) is 1. The van der Waals surface area contributed by atoms with Gasteiger partial charge in [0.2, 0.25) is 21.8 Å². The van der Waals surface area contributed by atoms with Gasteiger partial charge < -0.3 is 15.1 Å². The van der Waals surface area contributed by atoms with Gasteiger partial charge in [-0.2, -0.15) is 8.42 Å². The highest BCUT2D eigenvalue weighted by Crippen LogP contribution is 2.57. The van der Waals surface area contributed by atoms with Crippen LogP contribution in [0.3, 0.4) is 0 Å². The first-order chi connectivity index (χ1) is 22.5. The van der Waals surface area contributed by atoms with E-state index in [2.05, 4.69) is 26.0 Å². The summed E-state index contributed by atoms with van der Waals surface area (Å²) in [4.78, 5) is 57.2. The van der Waals surface area contributed by atoms with Crippen LogP contribution in [0.5, 0.6) is 0 Å². The van der Waals surface area contributed by atoms with E-state index in [1.165, 1.54) is 36.0 Å². The first-order valence-electron chi connectivity index (χ1n) is 16.2. The average Bonchev–Trinajstić information content (AvgIpc) is 3.89. The second-order valence-electron chi connectivity index (χ2n) is 13.8. The zero-order valence-corrected chi connectivity index (χ0v) is 30.5. The summed E-state index contributed by atoms with van der Waals surface area (Å²) < 4.78 is 59.9. The highest BCUT2D eigenvalue weighted by Gasteiger charge is 2.62. The third-order valence-electron chi connectivity index (χ3n) is 9.92. The van der Waals surface area contributed by atoms with Gasteiger partial charge in [0.25, 0.3) is 10.1 Å². The number of carbonyl (C=O) groups excluding carboxylic acids is 4. The van der Waals surface area contributed by atoms with Crippen molar-refractivity contribution in [2.75, 3.05) is 20.6 Å². The molecule has 264 valence electrons. The molecular formula is C32H43BrN4O9S2. The fraction of sp³-hybridized carbons (Fsp3) is 0.625. The number of hydrogen-bond donors (Lipinski definition) is 2. The smallest absolute Gasteiger partial charge is 0.317 e. The zero-order valence-electron chi connectivity index (χ0n) is 27.3. The molecule has 13 nitrogen and oxygen atoms in total. The van der Waals surface area contributed by atoms with Crippen LogP contribution in [-0.2, 0) is 38.7 Å². The van der Waals surface area contributed by atoms with Crippen molar-refractivity contribution in [1.82, 2.24) is 19.8 Å². The summed E-state index contributed by atoms with van der Waals surface area (Å²) in [6.45, 7) is 1.33. The lowest BCUT2D eigenvalue weighted by atomic mass is 9.91. The second-order valence-corrected chi connectivity index (χ2v) is 18.5. The van der Waals surface area contributed by atoms with Gasteiger partial charge >= 0.3 is 6.03 Å². The molecule has 2 heterocycles. The molecule has 0 aromatic heterocycles. The van der Waals surface area contributed by atoms with Crippen LogP contribution in [0.4, 0.5) is 4.79 Å². The van der Waals surface area contributed by atoms with Crippen LogP contribution >= 0.6 is 15.9 Å². The minimum atomic E-state index is -4.28. The number of amides is 4. The lowest BCUT2D eigenvalue weighted by Crippen LogP contribution is -2.54. The molecular weight excluding hydrogens is 728 g/mol. The molecule has 2 saturated carbocycles. The number of rotatable bonds is 7. The third-order valence-corrected chi connectivity index (χ3v) is 14.0. The Balaban J connectivity index is 1.45. The number of carbonyl (C=O) groups is 4. The van der Waals surface area contributed by atoms with Crippen molar-refractivity contribution in [3.63, 3.8) is 0 Å². The molecule has 16 heteroatoms. The maximum absolute atomic E-state index is 14.2. The summed E-state index contributed by atoms with van der Waals surface area (Å²) in [5.74, 6) is -2.19. The topological polar surface area (TPSA) is 176 Å². The first kappa shape index (κ1) is 36.5. The van der Waals surface area contributed by atoms with E-state index < -0.39 is 72.1 Å². The Kier molecular flexibility index (Phi) is 10.5. The summed E-state index contributed by atoms with van der Waals surface area (Å²) in [6.07, 6.45) is 6.46. The van der Waals surface area contributed by atoms with E-state index in [1.807, 2.05) is 12.2 Å². The van der Waals surface area contributed by atoms with Crippen molar-refractivity contribution < 1.29 is 40.2 Å². The Hall–Kier alpha value is -2.82. The minimum Gasteiger partial charge on any atom is -0.331 e. The second kappa shape index (κ2) is 13.8. The fourth-order valence-corrected chi connectivity index (χ4v) is 9.06. The monoisotopic (exact) mass is 770 g/mol. The predicted molar refractivity (Wildman–Crippen MR) is 179 cm³/mol. The van der Waals surface area contributed by atoms with E-state index >= 15 is 0 Å². The molecule has 2 N–H and O–H groups in total. The van der Waals surface area contributed by atoms with Gasteiger partial charge in [-0.05, 0) is 75.6 Å². The molecule has 4 aliphatic rings. The van der Waals surface area contributed by atoms with Gasteiger partial charge in [-0.15, -0.1) is 0 Å². The van der Waals surface area contributed by atoms with Gasteiger partial charge in [0.1, 0.15) is 6.04 Å². The maximum Gasteiger partial charge on any atom is 0.317 e. The van der Waals surface area contributed by atoms with Gasteiger partial charge in [-0.3, -0.25) is 23.3 Å². The molecule has 1 saturated heterocycles. The zero-order chi connectivity index (χ0) is 35.1. The van der Waals surface area contributed by atoms with E-state index in [9.17, 15) is 36.0 Å². The van der Waals surface area contributed by atoms with E-state index in [0.29, 0.717) is 36.6 Å². The fourth-order valence-electron chi connectivity index (χ4n) is 6.39. The Bertz CT molecular complexity index is 1690. The van der Waals surface area contributed by atoms with Crippen LogP contribution in [0.15, 0.2) is 45.8 Å². The Morgan fingerprint density at radius 3 is 2.38 bits per heavy atom. The Morgan fingerprint density at radius 2 is 1.73 bits per heavy atom. The molecule has 4 amide bonds. The lowest BCUT2D eigenvalue weighted by Gasteiger charge is -2.30. The molecule has 1 aromatic rings. The number of sulfonamides is 1. The molecule has 0 bridgehead atoms. The van der Waals surface area contributed by atoms with E-state index in [0.717, 1.165) is 12.8 Å². The highest BCUT2D eigenvalue weighted by molar-refractivity contribution is 9.10. The number of nitrogens with zero attached hydrogens (tertiary/aromatic N) is 2. The largest absolute Gasteiger partial charge is 0.331 e. The molecule has 5 atom stereocenters.